The van der Waals surface area contributed by atoms with Crippen LogP contribution >= 0.6 is 11.3 Å². The zero-order valence-corrected chi connectivity index (χ0v) is 13.6. The molecule has 24 heavy (non-hydrogen) atoms. The lowest BCUT2D eigenvalue weighted by Crippen LogP contribution is -2.32. The summed E-state index contributed by atoms with van der Waals surface area (Å²) >= 11 is 1.24. The first kappa shape index (κ1) is 15.3. The van der Waals surface area contributed by atoms with Crippen molar-refractivity contribution in [3.63, 3.8) is 0 Å². The molecule has 0 bridgehead atoms. The summed E-state index contributed by atoms with van der Waals surface area (Å²) in [5.74, 6) is -0.395. The fourth-order valence-corrected chi connectivity index (χ4v) is 3.79. The summed E-state index contributed by atoms with van der Waals surface area (Å²) in [7, 11) is 0. The fraction of sp³-hybridized carbons (Fsp3) is 0.294. The summed E-state index contributed by atoms with van der Waals surface area (Å²) in [4.78, 5) is 30.1. The van der Waals surface area contributed by atoms with Gasteiger partial charge in [0.2, 0.25) is 0 Å². The molecule has 1 amide bonds. The first-order valence-corrected chi connectivity index (χ1v) is 8.57. The molecule has 0 spiro atoms. The number of hydrogen-bond acceptors (Lipinski definition) is 6. The Morgan fingerprint density at radius 1 is 1.25 bits per heavy atom. The predicted octanol–water partition coefficient (Wildman–Crippen LogP) is 3.20. The molecule has 1 aliphatic rings. The van der Waals surface area contributed by atoms with Crippen molar-refractivity contribution >= 4 is 38.3 Å². The van der Waals surface area contributed by atoms with Crippen molar-refractivity contribution < 1.29 is 18.8 Å². The minimum atomic E-state index is -0.449. The molecule has 3 heterocycles. The average molecular weight is 345 g/mol. The summed E-state index contributed by atoms with van der Waals surface area (Å²) in [6.45, 7) is 0.635. The van der Waals surface area contributed by atoms with Crippen molar-refractivity contribution in [3.8, 4) is 0 Å². The second kappa shape index (κ2) is 6.35. The normalized spacial score (nSPS) is 18.1. The van der Waals surface area contributed by atoms with Crippen LogP contribution in [0.5, 0.6) is 0 Å². The van der Waals surface area contributed by atoms with Crippen molar-refractivity contribution in [1.82, 2.24) is 5.48 Å². The van der Waals surface area contributed by atoms with E-state index >= 15 is 0 Å². The Morgan fingerprint density at radius 3 is 2.96 bits per heavy atom. The zero-order chi connectivity index (χ0) is 16.5. The second-order valence-corrected chi connectivity index (χ2v) is 6.64. The fourth-order valence-electron chi connectivity index (χ4n) is 2.73. The van der Waals surface area contributed by atoms with Crippen LogP contribution < -0.4 is 11.1 Å². The van der Waals surface area contributed by atoms with E-state index < -0.39 is 17.8 Å². The van der Waals surface area contributed by atoms with Gasteiger partial charge in [-0.2, -0.15) is 0 Å². The second-order valence-electron chi connectivity index (χ2n) is 5.58. The first-order chi connectivity index (χ1) is 11.7. The molecule has 3 aromatic rings. The summed E-state index contributed by atoms with van der Waals surface area (Å²) < 4.78 is 11.4. The van der Waals surface area contributed by atoms with Gasteiger partial charge in [0.15, 0.2) is 6.29 Å². The molecule has 0 saturated carbocycles. The molecule has 1 unspecified atom stereocenters. The van der Waals surface area contributed by atoms with Crippen LogP contribution in [0.2, 0.25) is 0 Å². The standard InChI is InChI=1S/C17H15NO5S/c19-16(18-23-14-7-3-4-8-21-14)13-9-11-15(24-13)10-5-1-2-6-12(10)22-17(11)20/h1-2,5-6,9,14H,3-4,7-8H2,(H,18,19). The maximum Gasteiger partial charge on any atom is 0.345 e. The van der Waals surface area contributed by atoms with Crippen LogP contribution in [0.15, 0.2) is 39.5 Å². The third-order valence-electron chi connectivity index (χ3n) is 3.93. The highest BCUT2D eigenvalue weighted by Crippen LogP contribution is 2.30. The lowest BCUT2D eigenvalue weighted by atomic mass is 10.2. The number of carbonyl (C=O) groups is 1. The Kier molecular flexibility index (Phi) is 4.05. The molecular weight excluding hydrogens is 330 g/mol. The van der Waals surface area contributed by atoms with Gasteiger partial charge < -0.3 is 9.15 Å². The maximum absolute atomic E-state index is 12.3. The molecule has 1 fully saturated rings. The smallest absolute Gasteiger partial charge is 0.345 e. The Hall–Kier alpha value is -2.22. The number of para-hydroxylation sites is 1. The summed E-state index contributed by atoms with van der Waals surface area (Å²) in [6.07, 6.45) is 2.35. The van der Waals surface area contributed by atoms with E-state index in [0.717, 1.165) is 29.3 Å². The minimum Gasteiger partial charge on any atom is -0.422 e. The van der Waals surface area contributed by atoms with Crippen LogP contribution in [0, 0.1) is 0 Å². The summed E-state index contributed by atoms with van der Waals surface area (Å²) in [6, 6.07) is 8.81. The minimum absolute atomic E-state index is 0.393. The van der Waals surface area contributed by atoms with E-state index in [4.69, 9.17) is 14.0 Å². The molecule has 6 nitrogen and oxygen atoms in total. The number of hydroxylamine groups is 1. The third-order valence-corrected chi connectivity index (χ3v) is 5.10. The van der Waals surface area contributed by atoms with E-state index in [9.17, 15) is 9.59 Å². The molecule has 1 atom stereocenters. The molecule has 1 N–H and O–H groups in total. The molecule has 0 aliphatic carbocycles. The molecule has 1 saturated heterocycles. The third kappa shape index (κ3) is 2.82. The van der Waals surface area contributed by atoms with Crippen LogP contribution in [0.25, 0.3) is 21.1 Å². The zero-order valence-electron chi connectivity index (χ0n) is 12.7. The number of nitrogens with one attached hydrogen (secondary N) is 1. The molecule has 124 valence electrons. The topological polar surface area (TPSA) is 77.8 Å². The Bertz CT molecular complexity index is 954. The van der Waals surface area contributed by atoms with Gasteiger partial charge in [0, 0.05) is 18.4 Å². The molecule has 1 aromatic carbocycles. The van der Waals surface area contributed by atoms with Gasteiger partial charge in [-0.15, -0.1) is 11.3 Å². The van der Waals surface area contributed by atoms with E-state index in [0.29, 0.717) is 22.5 Å². The molecular formula is C17H15NO5S. The SMILES string of the molecule is O=C(NOC1CCCCO1)c1cc2c(=O)oc3ccccc3c2s1. The van der Waals surface area contributed by atoms with E-state index in [1.54, 1.807) is 18.2 Å². The van der Waals surface area contributed by atoms with Gasteiger partial charge in [-0.05, 0) is 31.0 Å². The van der Waals surface area contributed by atoms with Crippen molar-refractivity contribution in [2.24, 2.45) is 0 Å². The van der Waals surface area contributed by atoms with Crippen LogP contribution in [0.4, 0.5) is 0 Å². The van der Waals surface area contributed by atoms with E-state index in [1.165, 1.54) is 11.3 Å². The molecule has 4 rings (SSSR count). The Morgan fingerprint density at radius 2 is 2.12 bits per heavy atom. The van der Waals surface area contributed by atoms with Crippen LogP contribution in [-0.4, -0.2) is 18.8 Å². The van der Waals surface area contributed by atoms with Gasteiger partial charge in [0.05, 0.1) is 15.0 Å². The van der Waals surface area contributed by atoms with Gasteiger partial charge in [-0.25, -0.2) is 15.1 Å². The van der Waals surface area contributed by atoms with E-state index in [-0.39, 0.29) is 0 Å². The van der Waals surface area contributed by atoms with Crippen LogP contribution in [-0.2, 0) is 9.57 Å². The number of hydrogen-bond donors (Lipinski definition) is 1. The highest BCUT2D eigenvalue weighted by Gasteiger charge is 2.19. The van der Waals surface area contributed by atoms with Crippen molar-refractivity contribution in [3.05, 3.63) is 45.6 Å². The number of rotatable bonds is 3. The lowest BCUT2D eigenvalue weighted by Gasteiger charge is -2.21. The largest absolute Gasteiger partial charge is 0.422 e. The lowest BCUT2D eigenvalue weighted by molar-refractivity contribution is -0.186. The predicted molar refractivity (Wildman–Crippen MR) is 90.0 cm³/mol. The quantitative estimate of drug-likeness (QED) is 0.583. The summed E-state index contributed by atoms with van der Waals surface area (Å²) in [5, 5.41) is 1.21. The number of ether oxygens (including phenoxy) is 1. The van der Waals surface area contributed by atoms with E-state index in [1.807, 2.05) is 12.1 Å². The molecule has 0 radical (unpaired) electrons. The Balaban J connectivity index is 1.62. The number of benzene rings is 1. The maximum atomic E-state index is 12.3. The number of amides is 1. The highest BCUT2D eigenvalue weighted by molar-refractivity contribution is 7.21. The monoisotopic (exact) mass is 345 g/mol. The van der Waals surface area contributed by atoms with Crippen molar-refractivity contribution in [2.75, 3.05) is 6.61 Å². The number of carbonyl (C=O) groups excluding carboxylic acids is 1. The Labute approximate surface area is 140 Å². The molecule has 2 aromatic heterocycles. The molecule has 1 aliphatic heterocycles. The van der Waals surface area contributed by atoms with Crippen LogP contribution in [0.3, 0.4) is 0 Å². The highest BCUT2D eigenvalue weighted by atomic mass is 32.1. The van der Waals surface area contributed by atoms with Gasteiger partial charge in [-0.3, -0.25) is 4.79 Å². The van der Waals surface area contributed by atoms with Gasteiger partial charge >= 0.3 is 5.63 Å². The molecule has 7 heteroatoms. The van der Waals surface area contributed by atoms with Gasteiger partial charge in [0.1, 0.15) is 5.58 Å². The van der Waals surface area contributed by atoms with Crippen LogP contribution in [0.1, 0.15) is 28.9 Å². The number of fused-ring (bicyclic) bond motifs is 3. The van der Waals surface area contributed by atoms with Gasteiger partial charge in [0.25, 0.3) is 5.91 Å². The van der Waals surface area contributed by atoms with Gasteiger partial charge in [-0.1, -0.05) is 12.1 Å². The van der Waals surface area contributed by atoms with Crippen molar-refractivity contribution in [1.29, 1.82) is 0 Å². The first-order valence-electron chi connectivity index (χ1n) is 7.75. The average Bonchev–Trinajstić information content (AvgIpc) is 3.07. The number of thiophene rings is 1. The van der Waals surface area contributed by atoms with E-state index in [2.05, 4.69) is 5.48 Å². The summed E-state index contributed by atoms with van der Waals surface area (Å²) in [5.41, 5.74) is 2.47. The van der Waals surface area contributed by atoms with Crippen molar-refractivity contribution in [2.45, 2.75) is 25.6 Å².